The van der Waals surface area contributed by atoms with Crippen molar-refractivity contribution in [2.24, 2.45) is 0 Å². The number of amides is 1. The van der Waals surface area contributed by atoms with Crippen LogP contribution in [0.5, 0.6) is 0 Å². The molecule has 1 aromatic rings. The predicted octanol–water partition coefficient (Wildman–Crippen LogP) is 0.824. The Hall–Kier alpha value is -1.92. The largest absolute Gasteiger partial charge is 0.481 e. The summed E-state index contributed by atoms with van der Waals surface area (Å²) >= 11 is 0. The molecule has 1 fully saturated rings. The molecule has 2 N–H and O–H groups in total. The van der Waals surface area contributed by atoms with Crippen molar-refractivity contribution in [1.29, 1.82) is 0 Å². The van der Waals surface area contributed by atoms with Crippen molar-refractivity contribution in [3.05, 3.63) is 11.7 Å². The van der Waals surface area contributed by atoms with E-state index in [1.54, 1.807) is 6.92 Å². The minimum absolute atomic E-state index is 0.0155. The van der Waals surface area contributed by atoms with Gasteiger partial charge in [-0.15, -0.1) is 0 Å². The molecule has 0 atom stereocenters. The van der Waals surface area contributed by atoms with Crippen molar-refractivity contribution in [3.63, 3.8) is 0 Å². The summed E-state index contributed by atoms with van der Waals surface area (Å²) < 4.78 is 4.91. The molecular formula is C12H17N3O4. The average Bonchev–Trinajstić information content (AvgIpc) is 2.69. The molecule has 1 amide bonds. The third-order valence-corrected chi connectivity index (χ3v) is 3.34. The first-order chi connectivity index (χ1) is 8.99. The molecule has 0 radical (unpaired) electrons. The van der Waals surface area contributed by atoms with Gasteiger partial charge in [0.1, 0.15) is 0 Å². The lowest BCUT2D eigenvalue weighted by molar-refractivity contribution is -0.140. The summed E-state index contributed by atoms with van der Waals surface area (Å²) in [5.41, 5.74) is -0.548. The van der Waals surface area contributed by atoms with Gasteiger partial charge in [-0.1, -0.05) is 5.16 Å². The van der Waals surface area contributed by atoms with Crippen LogP contribution in [0.2, 0.25) is 0 Å². The molecule has 1 aliphatic carbocycles. The smallest absolute Gasteiger partial charge is 0.305 e. The second-order valence-electron chi connectivity index (χ2n) is 4.99. The van der Waals surface area contributed by atoms with Gasteiger partial charge in [0.25, 0.3) is 0 Å². The molecule has 7 heteroatoms. The fourth-order valence-corrected chi connectivity index (χ4v) is 2.26. The van der Waals surface area contributed by atoms with Crippen molar-refractivity contribution >= 4 is 11.9 Å². The first-order valence-corrected chi connectivity index (χ1v) is 6.31. The Labute approximate surface area is 110 Å². The maximum atomic E-state index is 11.8. The van der Waals surface area contributed by atoms with Gasteiger partial charge in [0.15, 0.2) is 5.82 Å². The molecule has 19 heavy (non-hydrogen) atoms. The average molecular weight is 267 g/mol. The minimum atomic E-state index is -0.882. The quantitative estimate of drug-likeness (QED) is 0.790. The number of carbonyl (C=O) groups excluding carboxylic acids is 1. The van der Waals surface area contributed by atoms with Gasteiger partial charge in [-0.3, -0.25) is 9.59 Å². The van der Waals surface area contributed by atoms with Crippen LogP contribution < -0.4 is 5.32 Å². The van der Waals surface area contributed by atoms with E-state index in [2.05, 4.69) is 15.5 Å². The number of carbonyl (C=O) groups is 2. The van der Waals surface area contributed by atoms with Crippen molar-refractivity contribution in [2.45, 2.75) is 51.0 Å². The van der Waals surface area contributed by atoms with E-state index in [0.717, 1.165) is 19.3 Å². The van der Waals surface area contributed by atoms with Gasteiger partial charge in [0.2, 0.25) is 11.8 Å². The molecule has 0 aliphatic heterocycles. The van der Waals surface area contributed by atoms with Crippen molar-refractivity contribution in [2.75, 3.05) is 0 Å². The van der Waals surface area contributed by atoms with Crippen LogP contribution in [0.3, 0.4) is 0 Å². The second kappa shape index (κ2) is 5.38. The van der Waals surface area contributed by atoms with E-state index in [1.165, 1.54) is 0 Å². The maximum absolute atomic E-state index is 11.8. The lowest BCUT2D eigenvalue weighted by atomic mass is 9.74. The SMILES string of the molecule is Cc1noc(CCC(=O)NC2(CC(=O)O)CCC2)n1. The van der Waals surface area contributed by atoms with Crippen LogP contribution in [0, 0.1) is 6.92 Å². The van der Waals surface area contributed by atoms with Gasteiger partial charge in [0, 0.05) is 12.8 Å². The zero-order chi connectivity index (χ0) is 13.9. The standard InChI is InChI=1S/C12H17N3O4/c1-8-13-10(19-15-8)4-3-9(16)14-12(5-2-6-12)7-11(17)18/h2-7H2,1H3,(H,14,16)(H,17,18). The van der Waals surface area contributed by atoms with Crippen molar-refractivity contribution in [3.8, 4) is 0 Å². The summed E-state index contributed by atoms with van der Waals surface area (Å²) in [6.45, 7) is 1.71. The van der Waals surface area contributed by atoms with Crippen LogP contribution in [0.15, 0.2) is 4.52 Å². The van der Waals surface area contributed by atoms with Crippen LogP contribution in [-0.2, 0) is 16.0 Å². The molecule has 1 aliphatic rings. The summed E-state index contributed by atoms with van der Waals surface area (Å²) in [5, 5.41) is 15.3. The molecule has 0 spiro atoms. The molecule has 0 saturated heterocycles. The molecular weight excluding hydrogens is 250 g/mol. The van der Waals surface area contributed by atoms with E-state index in [4.69, 9.17) is 9.63 Å². The minimum Gasteiger partial charge on any atom is -0.481 e. The highest BCUT2D eigenvalue weighted by atomic mass is 16.5. The highest BCUT2D eigenvalue weighted by Gasteiger charge is 2.40. The van der Waals surface area contributed by atoms with Gasteiger partial charge < -0.3 is 14.9 Å². The topological polar surface area (TPSA) is 105 Å². The summed E-state index contributed by atoms with van der Waals surface area (Å²) in [4.78, 5) is 26.6. The summed E-state index contributed by atoms with van der Waals surface area (Å²) in [5.74, 6) is -0.0883. The van der Waals surface area contributed by atoms with Gasteiger partial charge >= 0.3 is 5.97 Å². The van der Waals surface area contributed by atoms with Gasteiger partial charge in [-0.2, -0.15) is 4.98 Å². The van der Waals surface area contributed by atoms with Crippen LogP contribution in [-0.4, -0.2) is 32.7 Å². The molecule has 1 heterocycles. The van der Waals surface area contributed by atoms with Crippen molar-refractivity contribution in [1.82, 2.24) is 15.5 Å². The number of rotatable bonds is 6. The third-order valence-electron chi connectivity index (χ3n) is 3.34. The number of aromatic nitrogens is 2. The number of hydrogen-bond donors (Lipinski definition) is 2. The number of nitrogens with zero attached hydrogens (tertiary/aromatic N) is 2. The van der Waals surface area contributed by atoms with Crippen LogP contribution in [0.1, 0.15) is 43.8 Å². The lowest BCUT2D eigenvalue weighted by Crippen LogP contribution is -2.54. The van der Waals surface area contributed by atoms with Gasteiger partial charge in [-0.05, 0) is 26.2 Å². The van der Waals surface area contributed by atoms with Crippen molar-refractivity contribution < 1.29 is 19.2 Å². The summed E-state index contributed by atoms with van der Waals surface area (Å²) in [7, 11) is 0. The fraction of sp³-hybridized carbons (Fsp3) is 0.667. The van der Waals surface area contributed by atoms with E-state index in [1.807, 2.05) is 0 Å². The highest BCUT2D eigenvalue weighted by molar-refractivity contribution is 5.78. The first kappa shape index (κ1) is 13.5. The number of nitrogens with one attached hydrogen (secondary N) is 1. The van der Waals surface area contributed by atoms with E-state index in [-0.39, 0.29) is 18.7 Å². The Morgan fingerprint density at radius 2 is 2.21 bits per heavy atom. The van der Waals surface area contributed by atoms with E-state index in [9.17, 15) is 9.59 Å². The molecule has 7 nitrogen and oxygen atoms in total. The Morgan fingerprint density at radius 3 is 2.68 bits per heavy atom. The highest BCUT2D eigenvalue weighted by Crippen LogP contribution is 2.34. The number of carboxylic acids is 1. The zero-order valence-electron chi connectivity index (χ0n) is 10.8. The molecule has 0 unspecified atom stereocenters. The van der Waals surface area contributed by atoms with E-state index in [0.29, 0.717) is 18.1 Å². The Morgan fingerprint density at radius 1 is 1.47 bits per heavy atom. The number of aryl methyl sites for hydroxylation is 2. The van der Waals surface area contributed by atoms with Crippen LogP contribution >= 0.6 is 0 Å². The molecule has 0 bridgehead atoms. The predicted molar refractivity (Wildman–Crippen MR) is 64.3 cm³/mol. The maximum Gasteiger partial charge on any atom is 0.305 e. The number of carboxylic acid groups (broad SMARTS) is 1. The first-order valence-electron chi connectivity index (χ1n) is 6.31. The Kier molecular flexibility index (Phi) is 3.82. The molecule has 2 rings (SSSR count). The normalized spacial score (nSPS) is 16.7. The van der Waals surface area contributed by atoms with Crippen LogP contribution in [0.25, 0.3) is 0 Å². The van der Waals surface area contributed by atoms with Crippen LogP contribution in [0.4, 0.5) is 0 Å². The van der Waals surface area contributed by atoms with E-state index >= 15 is 0 Å². The second-order valence-corrected chi connectivity index (χ2v) is 4.99. The number of aliphatic carboxylic acids is 1. The third kappa shape index (κ3) is 3.52. The Bertz CT molecular complexity index is 479. The Balaban J connectivity index is 1.81. The molecule has 104 valence electrons. The summed E-state index contributed by atoms with van der Waals surface area (Å²) in [6.07, 6.45) is 2.99. The molecule has 1 aromatic heterocycles. The lowest BCUT2D eigenvalue weighted by Gasteiger charge is -2.41. The van der Waals surface area contributed by atoms with Gasteiger partial charge in [0.05, 0.1) is 12.0 Å². The molecule has 0 aromatic carbocycles. The summed E-state index contributed by atoms with van der Waals surface area (Å²) in [6, 6.07) is 0. The van der Waals surface area contributed by atoms with Gasteiger partial charge in [-0.25, -0.2) is 0 Å². The zero-order valence-corrected chi connectivity index (χ0v) is 10.8. The van der Waals surface area contributed by atoms with E-state index < -0.39 is 11.5 Å². The molecule has 1 saturated carbocycles. The number of hydrogen-bond acceptors (Lipinski definition) is 5. The fourth-order valence-electron chi connectivity index (χ4n) is 2.26. The monoisotopic (exact) mass is 267 g/mol.